The average molecular weight is 875 g/mol. The van der Waals surface area contributed by atoms with E-state index in [1.807, 2.05) is 0 Å². The molecule has 0 aliphatic heterocycles. The van der Waals surface area contributed by atoms with Crippen molar-refractivity contribution in [2.24, 2.45) is 23.5 Å². The second-order valence-electron chi connectivity index (χ2n) is 18.1. The summed E-state index contributed by atoms with van der Waals surface area (Å²) < 4.78 is 0. The summed E-state index contributed by atoms with van der Waals surface area (Å²) in [6, 6.07) is 0. The number of nitrogens with one attached hydrogen (secondary N) is 3. The van der Waals surface area contributed by atoms with Gasteiger partial charge in [0.1, 0.15) is 5.92 Å². The Balaban J connectivity index is 5.55. The van der Waals surface area contributed by atoms with Crippen molar-refractivity contribution in [1.82, 2.24) is 16.0 Å². The second kappa shape index (κ2) is 42.2. The van der Waals surface area contributed by atoms with Gasteiger partial charge in [-0.2, -0.15) is 0 Å². The topological polar surface area (TPSA) is 171 Å². The van der Waals surface area contributed by atoms with Crippen LogP contribution in [0.2, 0.25) is 0 Å². The molecule has 0 rings (SSSR count). The molecule has 0 aromatic rings. The molecule has 0 spiro atoms. The van der Waals surface area contributed by atoms with E-state index in [2.05, 4.69) is 67.9 Å². The molecule has 0 aromatic carbocycles. The predicted molar refractivity (Wildman–Crippen MR) is 260 cm³/mol. The predicted octanol–water partition coefficient (Wildman–Crippen LogP) is 12.5. The van der Waals surface area contributed by atoms with E-state index in [0.717, 1.165) is 103 Å². The van der Waals surface area contributed by atoms with Crippen LogP contribution in [0.4, 0.5) is 0 Å². The van der Waals surface area contributed by atoms with Crippen LogP contribution in [0.3, 0.4) is 0 Å². The van der Waals surface area contributed by atoms with Crippen molar-refractivity contribution in [3.8, 4) is 0 Å². The van der Waals surface area contributed by atoms with Gasteiger partial charge in [-0.1, -0.05) is 187 Å². The van der Waals surface area contributed by atoms with Crippen molar-refractivity contribution in [1.29, 1.82) is 0 Å². The summed E-state index contributed by atoms with van der Waals surface area (Å²) in [5.74, 6) is -7.75. The molecule has 7 N–H and O–H groups in total. The molecular weight excluding hydrogens is 777 g/mol. The first-order valence-electron chi connectivity index (χ1n) is 25.9. The van der Waals surface area contributed by atoms with Crippen molar-refractivity contribution < 1.29 is 29.4 Å². The van der Waals surface area contributed by atoms with Crippen molar-refractivity contribution in [2.75, 3.05) is 19.6 Å². The maximum atomic E-state index is 14.5. The van der Waals surface area contributed by atoms with Crippen LogP contribution >= 0.6 is 0 Å². The van der Waals surface area contributed by atoms with Crippen LogP contribution in [0.1, 0.15) is 240 Å². The third kappa shape index (κ3) is 31.2. The Kier molecular flexibility index (Phi) is 40.4. The molecule has 0 aliphatic carbocycles. The van der Waals surface area contributed by atoms with E-state index in [1.165, 1.54) is 89.9 Å². The lowest BCUT2D eigenvalue weighted by atomic mass is 9.77. The number of primary amides is 1. The van der Waals surface area contributed by atoms with Crippen molar-refractivity contribution in [3.05, 3.63) is 24.3 Å². The zero-order valence-corrected chi connectivity index (χ0v) is 40.6. The molecule has 3 unspecified atom stereocenters. The quantitative estimate of drug-likeness (QED) is 0.0199. The normalized spacial score (nSPS) is 13.5. The summed E-state index contributed by atoms with van der Waals surface area (Å²) in [6.45, 7) is 9.68. The van der Waals surface area contributed by atoms with Gasteiger partial charge < -0.3 is 21.3 Å². The Morgan fingerprint density at radius 2 is 0.887 bits per heavy atom. The molecule has 0 fully saturated rings. The van der Waals surface area contributed by atoms with Gasteiger partial charge in [-0.15, -0.1) is 0 Å². The highest BCUT2D eigenvalue weighted by atomic mass is 16.4. The SMILES string of the molecule is CCCCCCCC/C=C\CCCCCCCCNC(NCCCCCCCC/C=C\CCCCCCCC)(C(=O)NCC(CC)CCCC)C(C(=O)O)C(CC(N)=O)C(=O)O. The smallest absolute Gasteiger partial charge is 0.311 e. The van der Waals surface area contributed by atoms with Gasteiger partial charge in [-0.3, -0.25) is 29.8 Å². The number of carbonyl (C=O) groups is 4. The second-order valence-corrected chi connectivity index (χ2v) is 18.1. The highest BCUT2D eigenvalue weighted by Gasteiger charge is 2.54. The van der Waals surface area contributed by atoms with Crippen LogP contribution in [0.25, 0.3) is 0 Å². The lowest BCUT2D eigenvalue weighted by Gasteiger charge is -2.41. The fourth-order valence-corrected chi connectivity index (χ4v) is 8.44. The minimum Gasteiger partial charge on any atom is -0.481 e. The number of allylic oxidation sites excluding steroid dienone is 4. The van der Waals surface area contributed by atoms with Gasteiger partial charge in [0.05, 0.1) is 5.92 Å². The van der Waals surface area contributed by atoms with Gasteiger partial charge >= 0.3 is 11.9 Å². The highest BCUT2D eigenvalue weighted by molar-refractivity contribution is 5.95. The van der Waals surface area contributed by atoms with Gasteiger partial charge in [-0.05, 0) is 89.6 Å². The summed E-state index contributed by atoms with van der Waals surface area (Å²) in [6.07, 6.45) is 44.8. The molecule has 0 aliphatic rings. The number of carboxylic acids is 2. The Labute approximate surface area is 380 Å². The van der Waals surface area contributed by atoms with Gasteiger partial charge in [0, 0.05) is 13.0 Å². The number of carbonyl (C=O) groups excluding carboxylic acids is 2. The third-order valence-electron chi connectivity index (χ3n) is 12.5. The molecule has 3 atom stereocenters. The zero-order chi connectivity index (χ0) is 45.9. The Hall–Kier alpha value is -2.72. The van der Waals surface area contributed by atoms with E-state index in [4.69, 9.17) is 5.73 Å². The Bertz CT molecular complexity index is 1120. The van der Waals surface area contributed by atoms with E-state index in [9.17, 15) is 29.4 Å². The summed E-state index contributed by atoms with van der Waals surface area (Å²) in [5.41, 5.74) is 3.53. The summed E-state index contributed by atoms with van der Waals surface area (Å²) in [7, 11) is 0. The van der Waals surface area contributed by atoms with Gasteiger partial charge in [0.25, 0.3) is 5.91 Å². The maximum Gasteiger partial charge on any atom is 0.311 e. The molecule has 0 heterocycles. The summed E-state index contributed by atoms with van der Waals surface area (Å²) in [4.78, 5) is 52.5. The largest absolute Gasteiger partial charge is 0.481 e. The average Bonchev–Trinajstić information content (AvgIpc) is 3.24. The van der Waals surface area contributed by atoms with E-state index in [1.54, 1.807) is 0 Å². The van der Waals surface area contributed by atoms with Crippen LogP contribution in [0.15, 0.2) is 24.3 Å². The van der Waals surface area contributed by atoms with Gasteiger partial charge in [0.15, 0.2) is 5.66 Å². The van der Waals surface area contributed by atoms with Crippen LogP contribution in [0.5, 0.6) is 0 Å². The van der Waals surface area contributed by atoms with Crippen LogP contribution in [-0.4, -0.2) is 59.3 Å². The molecule has 0 saturated heterocycles. The Morgan fingerprint density at radius 3 is 1.23 bits per heavy atom. The van der Waals surface area contributed by atoms with E-state index in [-0.39, 0.29) is 5.92 Å². The molecule has 0 aromatic heterocycles. The number of nitrogens with two attached hydrogens (primary N) is 1. The van der Waals surface area contributed by atoms with Crippen molar-refractivity contribution in [3.63, 3.8) is 0 Å². The molecule has 62 heavy (non-hydrogen) atoms. The fraction of sp³-hybridized carbons (Fsp3) is 0.846. The minimum absolute atomic E-state index is 0.201. The number of unbranched alkanes of at least 4 members (excludes halogenated alkanes) is 25. The number of amides is 2. The first-order chi connectivity index (χ1) is 30.1. The summed E-state index contributed by atoms with van der Waals surface area (Å²) in [5, 5.41) is 30.6. The van der Waals surface area contributed by atoms with Gasteiger partial charge in [0.2, 0.25) is 5.91 Å². The minimum atomic E-state index is -1.96. The first kappa shape index (κ1) is 59.3. The van der Waals surface area contributed by atoms with Crippen molar-refractivity contribution in [2.45, 2.75) is 245 Å². The van der Waals surface area contributed by atoms with Crippen LogP contribution in [0, 0.1) is 17.8 Å². The number of aliphatic carboxylic acids is 2. The van der Waals surface area contributed by atoms with E-state index in [0.29, 0.717) is 32.5 Å². The molecule has 0 bridgehead atoms. The van der Waals surface area contributed by atoms with Crippen LogP contribution in [-0.2, 0) is 19.2 Å². The monoisotopic (exact) mass is 875 g/mol. The molecule has 362 valence electrons. The number of carboxylic acid groups (broad SMARTS) is 2. The van der Waals surface area contributed by atoms with Crippen molar-refractivity contribution >= 4 is 23.8 Å². The lowest BCUT2D eigenvalue weighted by molar-refractivity contribution is -0.163. The third-order valence-corrected chi connectivity index (χ3v) is 12.5. The molecule has 10 heteroatoms. The zero-order valence-electron chi connectivity index (χ0n) is 40.6. The lowest BCUT2D eigenvalue weighted by Crippen LogP contribution is -2.73. The molecule has 10 nitrogen and oxygen atoms in total. The van der Waals surface area contributed by atoms with E-state index >= 15 is 0 Å². The number of rotatable bonds is 47. The van der Waals surface area contributed by atoms with E-state index < -0.39 is 47.7 Å². The molecule has 0 radical (unpaired) electrons. The Morgan fingerprint density at radius 1 is 0.516 bits per heavy atom. The maximum absolute atomic E-state index is 14.5. The van der Waals surface area contributed by atoms with Crippen LogP contribution < -0.4 is 21.7 Å². The number of hydrogen-bond acceptors (Lipinski definition) is 6. The summed E-state index contributed by atoms with van der Waals surface area (Å²) >= 11 is 0. The standard InChI is InChI=1S/C52H98N4O6/c1-5-9-12-14-16-18-20-22-24-26-28-30-32-34-36-38-41-55-52(51(62)54-44-45(8-4)40-11-7-3,48(50(60)61)46(49(58)59)43-47(53)57)56-42-39-37-35-33-31-29-27-25-23-21-19-17-15-13-10-6-2/h22-25,45-46,48,55-56H,5-21,26-44H2,1-4H3,(H2,53,57)(H,54,62)(H,58,59)(H,60,61)/b24-22-,25-23-. The number of hydrogen-bond donors (Lipinski definition) is 6. The first-order valence-corrected chi connectivity index (χ1v) is 25.9. The molecular formula is C52H98N4O6. The fourth-order valence-electron chi connectivity index (χ4n) is 8.44. The molecule has 0 saturated carbocycles. The van der Waals surface area contributed by atoms with Gasteiger partial charge in [-0.25, -0.2) is 0 Å². The highest BCUT2D eigenvalue weighted by Crippen LogP contribution is 2.29. The molecule has 2 amide bonds.